The molecule has 0 radical (unpaired) electrons. The minimum Gasteiger partial charge on any atom is -0.314 e. The molecule has 0 aromatic heterocycles. The molecule has 0 aliphatic carbocycles. The van der Waals surface area contributed by atoms with Gasteiger partial charge in [-0.2, -0.15) is 0 Å². The maximum absolute atomic E-state index is 6.21. The first-order chi connectivity index (χ1) is 8.20. The van der Waals surface area contributed by atoms with Crippen molar-refractivity contribution in [2.45, 2.75) is 25.9 Å². The highest BCUT2D eigenvalue weighted by molar-refractivity contribution is 6.33. The minimum absolute atomic E-state index is 0.644. The van der Waals surface area contributed by atoms with Crippen LogP contribution in [0.25, 0.3) is 0 Å². The highest BCUT2D eigenvalue weighted by Crippen LogP contribution is 2.23. The summed E-state index contributed by atoms with van der Waals surface area (Å²) >= 11 is 12.2. The Bertz CT molecular complexity index is 378. The first kappa shape index (κ1) is 13.2. The molecule has 4 heteroatoms. The Morgan fingerprint density at radius 1 is 1.35 bits per heavy atom. The van der Waals surface area contributed by atoms with E-state index in [4.69, 9.17) is 23.2 Å². The Kier molecular flexibility index (Phi) is 4.69. The largest absolute Gasteiger partial charge is 0.314 e. The molecule has 2 rings (SSSR count). The quantitative estimate of drug-likeness (QED) is 0.886. The van der Waals surface area contributed by atoms with Gasteiger partial charge in [0.05, 0.1) is 0 Å². The molecule has 1 aromatic rings. The first-order valence-electron chi connectivity index (χ1n) is 6.09. The number of rotatable bonds is 5. The molecule has 0 unspecified atom stereocenters. The van der Waals surface area contributed by atoms with Gasteiger partial charge in [0.2, 0.25) is 0 Å². The molecule has 0 saturated carbocycles. The molecule has 0 amide bonds. The smallest absolute Gasteiger partial charge is 0.0452 e. The lowest BCUT2D eigenvalue weighted by Gasteiger charge is -2.38. The zero-order chi connectivity index (χ0) is 12.3. The number of nitrogens with one attached hydrogen (secondary N) is 1. The third-order valence-electron chi connectivity index (χ3n) is 3.17. The molecule has 2 nitrogen and oxygen atoms in total. The third-order valence-corrected chi connectivity index (χ3v) is 3.77. The van der Waals surface area contributed by atoms with Crippen LogP contribution in [-0.2, 0) is 6.54 Å². The van der Waals surface area contributed by atoms with E-state index in [2.05, 4.69) is 17.1 Å². The number of hydrogen-bond donors (Lipinski definition) is 1. The average molecular weight is 273 g/mol. The monoisotopic (exact) mass is 272 g/mol. The van der Waals surface area contributed by atoms with Gasteiger partial charge in [0.15, 0.2) is 0 Å². The molecule has 94 valence electrons. The van der Waals surface area contributed by atoms with Gasteiger partial charge in [-0.3, -0.25) is 4.90 Å². The van der Waals surface area contributed by atoms with Crippen molar-refractivity contribution in [2.75, 3.05) is 19.6 Å². The molecule has 1 fully saturated rings. The molecule has 1 N–H and O–H groups in total. The van der Waals surface area contributed by atoms with Gasteiger partial charge < -0.3 is 5.32 Å². The molecule has 1 aliphatic rings. The van der Waals surface area contributed by atoms with E-state index in [1.165, 1.54) is 0 Å². The van der Waals surface area contributed by atoms with Gasteiger partial charge in [0.1, 0.15) is 0 Å². The normalized spacial score (nSPS) is 16.2. The van der Waals surface area contributed by atoms with Gasteiger partial charge in [-0.1, -0.05) is 30.1 Å². The SMILES string of the molecule is CCCN(Cc1cc(Cl)ccc1Cl)C1CNC1. The zero-order valence-corrected chi connectivity index (χ0v) is 11.6. The van der Waals surface area contributed by atoms with Crippen molar-refractivity contribution >= 4 is 23.2 Å². The Morgan fingerprint density at radius 3 is 2.71 bits per heavy atom. The van der Waals surface area contributed by atoms with Crippen molar-refractivity contribution in [1.82, 2.24) is 10.2 Å². The lowest BCUT2D eigenvalue weighted by molar-refractivity contribution is 0.138. The fourth-order valence-electron chi connectivity index (χ4n) is 2.09. The molecule has 1 saturated heterocycles. The van der Waals surface area contributed by atoms with Gasteiger partial charge in [0, 0.05) is 35.7 Å². The summed E-state index contributed by atoms with van der Waals surface area (Å²) < 4.78 is 0. The van der Waals surface area contributed by atoms with Crippen LogP contribution in [0.4, 0.5) is 0 Å². The number of benzene rings is 1. The van der Waals surface area contributed by atoms with Crippen LogP contribution in [0.3, 0.4) is 0 Å². The lowest BCUT2D eigenvalue weighted by atomic mass is 10.1. The van der Waals surface area contributed by atoms with E-state index in [-0.39, 0.29) is 0 Å². The Hall–Kier alpha value is -0.280. The van der Waals surface area contributed by atoms with Crippen LogP contribution in [0, 0.1) is 0 Å². The maximum atomic E-state index is 6.21. The average Bonchev–Trinajstić information content (AvgIpc) is 2.21. The van der Waals surface area contributed by atoms with E-state index in [0.717, 1.165) is 48.2 Å². The van der Waals surface area contributed by atoms with Crippen LogP contribution in [0.5, 0.6) is 0 Å². The minimum atomic E-state index is 0.644. The van der Waals surface area contributed by atoms with Crippen LogP contribution >= 0.6 is 23.2 Å². The van der Waals surface area contributed by atoms with Crippen LogP contribution in [-0.4, -0.2) is 30.6 Å². The Morgan fingerprint density at radius 2 is 2.12 bits per heavy atom. The van der Waals surface area contributed by atoms with E-state index >= 15 is 0 Å². The molecule has 0 spiro atoms. The van der Waals surface area contributed by atoms with Crippen molar-refractivity contribution in [3.63, 3.8) is 0 Å². The highest BCUT2D eigenvalue weighted by Gasteiger charge is 2.24. The second kappa shape index (κ2) is 6.05. The summed E-state index contributed by atoms with van der Waals surface area (Å²) in [4.78, 5) is 2.48. The summed E-state index contributed by atoms with van der Waals surface area (Å²) in [5.74, 6) is 0. The summed E-state index contributed by atoms with van der Waals surface area (Å²) in [7, 11) is 0. The van der Waals surface area contributed by atoms with Crippen molar-refractivity contribution in [3.8, 4) is 0 Å². The topological polar surface area (TPSA) is 15.3 Å². The van der Waals surface area contributed by atoms with Gasteiger partial charge in [-0.05, 0) is 36.7 Å². The fraction of sp³-hybridized carbons (Fsp3) is 0.538. The highest BCUT2D eigenvalue weighted by atomic mass is 35.5. The van der Waals surface area contributed by atoms with E-state index in [1.807, 2.05) is 18.2 Å². The zero-order valence-electron chi connectivity index (χ0n) is 10.0. The van der Waals surface area contributed by atoms with Crippen molar-refractivity contribution in [1.29, 1.82) is 0 Å². The molecule has 1 aromatic carbocycles. The number of halogens is 2. The maximum Gasteiger partial charge on any atom is 0.0452 e. The van der Waals surface area contributed by atoms with Gasteiger partial charge in [-0.15, -0.1) is 0 Å². The summed E-state index contributed by atoms with van der Waals surface area (Å²) in [5.41, 5.74) is 1.12. The number of hydrogen-bond acceptors (Lipinski definition) is 2. The second-order valence-electron chi connectivity index (χ2n) is 4.52. The van der Waals surface area contributed by atoms with E-state index < -0.39 is 0 Å². The van der Waals surface area contributed by atoms with Crippen LogP contribution < -0.4 is 5.32 Å². The lowest BCUT2D eigenvalue weighted by Crippen LogP contribution is -2.56. The van der Waals surface area contributed by atoms with E-state index in [9.17, 15) is 0 Å². The third kappa shape index (κ3) is 3.35. The summed E-state index contributed by atoms with van der Waals surface area (Å²) in [5, 5.41) is 4.88. The van der Waals surface area contributed by atoms with E-state index in [0.29, 0.717) is 6.04 Å². The van der Waals surface area contributed by atoms with Crippen LogP contribution in [0.1, 0.15) is 18.9 Å². The summed E-state index contributed by atoms with van der Waals surface area (Å²) in [6.07, 6.45) is 1.16. The standard InChI is InChI=1S/C13H18Cl2N2/c1-2-5-17(12-7-16-8-12)9-10-6-11(14)3-4-13(10)15/h3-4,6,12,16H,2,5,7-9H2,1H3. The van der Waals surface area contributed by atoms with E-state index in [1.54, 1.807) is 0 Å². The van der Waals surface area contributed by atoms with Crippen LogP contribution in [0.15, 0.2) is 18.2 Å². The molecule has 1 aliphatic heterocycles. The molecular weight excluding hydrogens is 255 g/mol. The number of nitrogens with zero attached hydrogens (tertiary/aromatic N) is 1. The van der Waals surface area contributed by atoms with Gasteiger partial charge in [0.25, 0.3) is 0 Å². The predicted octanol–water partition coefficient (Wildman–Crippen LogP) is 3.18. The predicted molar refractivity (Wildman–Crippen MR) is 73.8 cm³/mol. The van der Waals surface area contributed by atoms with Crippen molar-refractivity contribution < 1.29 is 0 Å². The molecule has 1 heterocycles. The van der Waals surface area contributed by atoms with Crippen molar-refractivity contribution in [2.24, 2.45) is 0 Å². The van der Waals surface area contributed by atoms with Crippen molar-refractivity contribution in [3.05, 3.63) is 33.8 Å². The Balaban J connectivity index is 2.07. The Labute approximate surface area is 113 Å². The van der Waals surface area contributed by atoms with Gasteiger partial charge >= 0.3 is 0 Å². The molecule has 17 heavy (non-hydrogen) atoms. The first-order valence-corrected chi connectivity index (χ1v) is 6.85. The molecular formula is C13H18Cl2N2. The fourth-order valence-corrected chi connectivity index (χ4v) is 2.46. The molecule has 0 atom stereocenters. The van der Waals surface area contributed by atoms with Gasteiger partial charge in [-0.25, -0.2) is 0 Å². The summed E-state index contributed by atoms with van der Waals surface area (Å²) in [6.45, 7) is 6.36. The summed E-state index contributed by atoms with van der Waals surface area (Å²) in [6, 6.07) is 6.33. The second-order valence-corrected chi connectivity index (χ2v) is 5.36. The molecule has 0 bridgehead atoms. The van der Waals surface area contributed by atoms with Crippen LogP contribution in [0.2, 0.25) is 10.0 Å².